The quantitative estimate of drug-likeness (QED) is 0.400. The summed E-state index contributed by atoms with van der Waals surface area (Å²) in [5, 5.41) is 0. The van der Waals surface area contributed by atoms with Gasteiger partial charge in [0.05, 0.1) is 0 Å². The molecule has 0 spiro atoms. The van der Waals surface area contributed by atoms with E-state index in [0.29, 0.717) is 16.9 Å². The van der Waals surface area contributed by atoms with E-state index >= 15 is 0 Å². The number of benzene rings is 1. The van der Waals surface area contributed by atoms with Crippen molar-refractivity contribution in [3.8, 4) is 0 Å². The molecule has 150 valence electrons. The number of hydrogen-bond acceptors (Lipinski definition) is 1. The lowest BCUT2D eigenvalue weighted by Crippen LogP contribution is -2.49. The molecular weight excluding hydrogens is 347 g/mol. The maximum atomic E-state index is 13.3. The first-order valence-electron chi connectivity index (χ1n) is 11.3. The molecule has 0 unspecified atom stereocenters. The zero-order chi connectivity index (χ0) is 19.7. The van der Waals surface area contributed by atoms with E-state index in [9.17, 15) is 9.18 Å². The molecule has 0 aliphatic heterocycles. The highest BCUT2D eigenvalue weighted by Gasteiger charge is 2.60. The summed E-state index contributed by atoms with van der Waals surface area (Å²) < 4.78 is 13.3. The SMILES string of the molecule is CC1=C2CC[C@@H]3[C@@H]4CC[C@H](C(=O)c5ccc(F)cc5)[C@]4(C)CC[C@@H]3[C@]2(C)CC1. The van der Waals surface area contributed by atoms with Crippen LogP contribution in [0.15, 0.2) is 35.4 Å². The topological polar surface area (TPSA) is 17.1 Å². The Morgan fingerprint density at radius 3 is 2.46 bits per heavy atom. The second-order valence-electron chi connectivity index (χ2n) is 10.6. The summed E-state index contributed by atoms with van der Waals surface area (Å²) in [7, 11) is 0. The second-order valence-corrected chi connectivity index (χ2v) is 10.6. The van der Waals surface area contributed by atoms with Crippen LogP contribution in [0.25, 0.3) is 0 Å². The van der Waals surface area contributed by atoms with Gasteiger partial charge < -0.3 is 0 Å². The predicted octanol–water partition coefficient (Wildman–Crippen LogP) is 6.98. The molecule has 4 aliphatic rings. The third-order valence-corrected chi connectivity index (χ3v) is 9.65. The van der Waals surface area contributed by atoms with Gasteiger partial charge in [0.1, 0.15) is 5.82 Å². The minimum Gasteiger partial charge on any atom is -0.294 e. The highest BCUT2D eigenvalue weighted by atomic mass is 19.1. The summed E-state index contributed by atoms with van der Waals surface area (Å²) in [4.78, 5) is 13.3. The zero-order valence-corrected chi connectivity index (χ0v) is 17.6. The first-order valence-corrected chi connectivity index (χ1v) is 11.3. The van der Waals surface area contributed by atoms with Crippen molar-refractivity contribution in [2.24, 2.45) is 34.5 Å². The summed E-state index contributed by atoms with van der Waals surface area (Å²) in [6.45, 7) is 7.32. The molecule has 28 heavy (non-hydrogen) atoms. The number of carbonyl (C=O) groups is 1. The van der Waals surface area contributed by atoms with Gasteiger partial charge in [-0.3, -0.25) is 4.79 Å². The average molecular weight is 381 g/mol. The highest BCUT2D eigenvalue weighted by molar-refractivity contribution is 5.98. The Morgan fingerprint density at radius 1 is 0.964 bits per heavy atom. The number of allylic oxidation sites excluding steroid dienone is 2. The number of rotatable bonds is 2. The molecule has 0 heterocycles. The van der Waals surface area contributed by atoms with Crippen LogP contribution in [0, 0.1) is 40.3 Å². The Hall–Kier alpha value is -1.44. The molecule has 5 rings (SSSR count). The van der Waals surface area contributed by atoms with Crippen LogP contribution in [0.5, 0.6) is 0 Å². The largest absolute Gasteiger partial charge is 0.294 e. The van der Waals surface area contributed by atoms with Crippen molar-refractivity contribution >= 4 is 5.78 Å². The number of carbonyl (C=O) groups excluding carboxylic acids is 1. The Bertz CT molecular complexity index is 836. The number of halogens is 1. The lowest BCUT2D eigenvalue weighted by molar-refractivity contribution is -0.0412. The van der Waals surface area contributed by atoms with Crippen LogP contribution in [0.3, 0.4) is 0 Å². The first-order chi connectivity index (χ1) is 13.3. The van der Waals surface area contributed by atoms with E-state index in [1.54, 1.807) is 23.3 Å². The molecule has 0 amide bonds. The van der Waals surface area contributed by atoms with Gasteiger partial charge in [0.2, 0.25) is 0 Å². The van der Waals surface area contributed by atoms with Crippen LogP contribution in [0.1, 0.15) is 82.5 Å². The Balaban J connectivity index is 1.43. The van der Waals surface area contributed by atoms with Gasteiger partial charge in [-0.05, 0) is 111 Å². The van der Waals surface area contributed by atoms with Gasteiger partial charge in [0.15, 0.2) is 5.78 Å². The van der Waals surface area contributed by atoms with Crippen LogP contribution < -0.4 is 0 Å². The van der Waals surface area contributed by atoms with E-state index in [4.69, 9.17) is 0 Å². The molecule has 3 fully saturated rings. The van der Waals surface area contributed by atoms with Crippen LogP contribution in [0.2, 0.25) is 0 Å². The minimum absolute atomic E-state index is 0.110. The van der Waals surface area contributed by atoms with Gasteiger partial charge in [-0.15, -0.1) is 0 Å². The van der Waals surface area contributed by atoms with Crippen molar-refractivity contribution in [3.63, 3.8) is 0 Å². The van der Waals surface area contributed by atoms with E-state index in [1.807, 2.05) is 0 Å². The summed E-state index contributed by atoms with van der Waals surface area (Å²) in [5.74, 6) is 2.37. The minimum atomic E-state index is -0.265. The summed E-state index contributed by atoms with van der Waals surface area (Å²) >= 11 is 0. The van der Waals surface area contributed by atoms with Crippen molar-refractivity contribution < 1.29 is 9.18 Å². The number of ketones is 1. The molecule has 2 heteroatoms. The fourth-order valence-electron chi connectivity index (χ4n) is 8.18. The number of Topliss-reactive ketones (excluding diaryl/α,β-unsaturated/α-hetero) is 1. The molecule has 1 nitrogen and oxygen atoms in total. The predicted molar refractivity (Wildman–Crippen MR) is 111 cm³/mol. The van der Waals surface area contributed by atoms with Gasteiger partial charge >= 0.3 is 0 Å². The molecular formula is C26H33FO. The monoisotopic (exact) mass is 380 g/mol. The van der Waals surface area contributed by atoms with Gasteiger partial charge in [-0.1, -0.05) is 25.0 Å². The smallest absolute Gasteiger partial charge is 0.166 e. The van der Waals surface area contributed by atoms with E-state index < -0.39 is 0 Å². The molecule has 0 bridgehead atoms. The van der Waals surface area contributed by atoms with Crippen LogP contribution >= 0.6 is 0 Å². The van der Waals surface area contributed by atoms with Crippen LogP contribution in [-0.2, 0) is 0 Å². The van der Waals surface area contributed by atoms with E-state index in [2.05, 4.69) is 20.8 Å². The molecule has 0 saturated heterocycles. The summed E-state index contributed by atoms with van der Waals surface area (Å²) in [5.41, 5.74) is 4.70. The van der Waals surface area contributed by atoms with Crippen molar-refractivity contribution in [2.45, 2.75) is 72.1 Å². The van der Waals surface area contributed by atoms with Gasteiger partial charge in [-0.2, -0.15) is 0 Å². The molecule has 0 N–H and O–H groups in total. The van der Waals surface area contributed by atoms with Crippen molar-refractivity contribution in [1.29, 1.82) is 0 Å². The zero-order valence-electron chi connectivity index (χ0n) is 17.6. The van der Waals surface area contributed by atoms with Gasteiger partial charge in [0.25, 0.3) is 0 Å². The Kier molecular flexibility index (Phi) is 4.17. The van der Waals surface area contributed by atoms with E-state index in [1.165, 1.54) is 57.1 Å². The fraction of sp³-hybridized carbons (Fsp3) is 0.654. The van der Waals surface area contributed by atoms with Crippen LogP contribution in [-0.4, -0.2) is 5.78 Å². The van der Waals surface area contributed by atoms with E-state index in [-0.39, 0.29) is 22.9 Å². The Morgan fingerprint density at radius 2 is 1.71 bits per heavy atom. The molecule has 6 atom stereocenters. The first kappa shape index (κ1) is 18.6. The molecule has 1 aromatic carbocycles. The fourth-order valence-corrected chi connectivity index (χ4v) is 8.18. The number of fused-ring (bicyclic) bond motifs is 5. The van der Waals surface area contributed by atoms with Crippen molar-refractivity contribution in [2.75, 3.05) is 0 Å². The van der Waals surface area contributed by atoms with Gasteiger partial charge in [-0.25, -0.2) is 4.39 Å². The van der Waals surface area contributed by atoms with Crippen molar-refractivity contribution in [3.05, 3.63) is 46.8 Å². The van der Waals surface area contributed by atoms with Crippen molar-refractivity contribution in [1.82, 2.24) is 0 Å². The van der Waals surface area contributed by atoms with Crippen LogP contribution in [0.4, 0.5) is 4.39 Å². The molecule has 3 saturated carbocycles. The maximum Gasteiger partial charge on any atom is 0.166 e. The van der Waals surface area contributed by atoms with Gasteiger partial charge in [0, 0.05) is 11.5 Å². The molecule has 1 aromatic rings. The standard InChI is InChI=1S/C26H33FO/c1-16-12-14-25(2)20(16)9-8-19-21-10-11-23(26(21,3)15-13-22(19)25)24(28)17-4-6-18(27)7-5-17/h4-7,19,21-23H,8-15H2,1-3H3/t19-,21+,22+,23-,25-,26-/m1/s1. The van der Waals surface area contributed by atoms with E-state index in [0.717, 1.165) is 18.3 Å². The third kappa shape index (κ3) is 2.45. The Labute approximate surface area is 168 Å². The number of hydrogen-bond donors (Lipinski definition) is 0. The molecule has 0 radical (unpaired) electrons. The lowest BCUT2D eigenvalue weighted by Gasteiger charge is -2.56. The normalized spacial score (nSPS) is 42.1. The molecule has 0 aromatic heterocycles. The second kappa shape index (κ2) is 6.28. The summed E-state index contributed by atoms with van der Waals surface area (Å²) in [6.07, 6.45) is 9.91. The highest BCUT2D eigenvalue weighted by Crippen LogP contribution is 2.68. The maximum absolute atomic E-state index is 13.3. The molecule has 4 aliphatic carbocycles. The summed E-state index contributed by atoms with van der Waals surface area (Å²) in [6, 6.07) is 6.22. The third-order valence-electron chi connectivity index (χ3n) is 9.65. The lowest BCUT2D eigenvalue weighted by atomic mass is 9.48. The average Bonchev–Trinajstić information content (AvgIpc) is 3.18.